The van der Waals surface area contributed by atoms with Gasteiger partial charge < -0.3 is 0 Å². The quantitative estimate of drug-likeness (QED) is 0.638. The standard InChI is InChI=1S/C2H10N2O5P2/c1-7-10(3,5)9-11(4,6)8-2/h1-2H3,(H2,3,5)(H2,4,6). The maximum absolute atomic E-state index is 10.8. The molecule has 2 unspecified atom stereocenters. The highest BCUT2D eigenvalue weighted by Gasteiger charge is 2.29. The Bertz CT molecular complexity index is 195. The molecule has 0 bridgehead atoms. The van der Waals surface area contributed by atoms with Crippen molar-refractivity contribution < 1.29 is 22.5 Å². The van der Waals surface area contributed by atoms with Crippen molar-refractivity contribution in [3.05, 3.63) is 0 Å². The molecule has 9 heteroatoms. The van der Waals surface area contributed by atoms with E-state index in [9.17, 15) is 9.13 Å². The third-order valence-electron chi connectivity index (χ3n) is 0.737. The second-order valence-corrected chi connectivity index (χ2v) is 5.07. The number of hydrogen-bond donors (Lipinski definition) is 2. The van der Waals surface area contributed by atoms with Gasteiger partial charge in [0.1, 0.15) is 0 Å². The molecule has 0 heterocycles. The topological polar surface area (TPSA) is 114 Å². The van der Waals surface area contributed by atoms with Gasteiger partial charge in [0.25, 0.3) is 0 Å². The van der Waals surface area contributed by atoms with Gasteiger partial charge in [0.05, 0.1) is 0 Å². The summed E-state index contributed by atoms with van der Waals surface area (Å²) in [5.74, 6) is 0. The summed E-state index contributed by atoms with van der Waals surface area (Å²) < 4.78 is 34.0. The highest BCUT2D eigenvalue weighted by molar-refractivity contribution is 7.64. The van der Waals surface area contributed by atoms with Crippen molar-refractivity contribution in [1.29, 1.82) is 0 Å². The highest BCUT2D eigenvalue weighted by atomic mass is 31.3. The van der Waals surface area contributed by atoms with Crippen LogP contribution in [0.2, 0.25) is 0 Å². The van der Waals surface area contributed by atoms with Gasteiger partial charge in [-0.05, 0) is 0 Å². The second kappa shape index (κ2) is 3.78. The summed E-state index contributed by atoms with van der Waals surface area (Å²) in [5.41, 5.74) is 9.71. The first-order valence-corrected chi connectivity index (χ1v) is 5.65. The van der Waals surface area contributed by atoms with E-state index in [0.717, 1.165) is 14.2 Å². The largest absolute Gasteiger partial charge is 0.410 e. The lowest BCUT2D eigenvalue weighted by Gasteiger charge is -2.14. The van der Waals surface area contributed by atoms with Crippen LogP contribution in [0.15, 0.2) is 0 Å². The fraction of sp³-hybridized carbons (Fsp3) is 1.00. The molecule has 4 N–H and O–H groups in total. The van der Waals surface area contributed by atoms with E-state index in [-0.39, 0.29) is 0 Å². The molecule has 0 aliphatic carbocycles. The Hall–Kier alpha value is 0.260. The summed E-state index contributed by atoms with van der Waals surface area (Å²) in [6.45, 7) is 0. The van der Waals surface area contributed by atoms with Gasteiger partial charge in [0, 0.05) is 14.2 Å². The fourth-order valence-electron chi connectivity index (χ4n) is 0.225. The van der Waals surface area contributed by atoms with Crippen molar-refractivity contribution in [2.24, 2.45) is 11.0 Å². The minimum atomic E-state index is -3.82. The Labute approximate surface area is 64.2 Å². The molecular formula is C2H10N2O5P2. The molecule has 68 valence electrons. The van der Waals surface area contributed by atoms with Gasteiger partial charge in [0.15, 0.2) is 0 Å². The van der Waals surface area contributed by atoms with Crippen LogP contribution in [0.25, 0.3) is 0 Å². The first-order valence-electron chi connectivity index (χ1n) is 2.43. The van der Waals surface area contributed by atoms with Crippen LogP contribution in [0.5, 0.6) is 0 Å². The molecule has 0 saturated heterocycles. The van der Waals surface area contributed by atoms with E-state index >= 15 is 0 Å². The Morgan fingerprint density at radius 1 is 1.00 bits per heavy atom. The monoisotopic (exact) mass is 204 g/mol. The minimum absolute atomic E-state index is 1.04. The van der Waals surface area contributed by atoms with E-state index in [1.807, 2.05) is 0 Å². The molecule has 7 nitrogen and oxygen atoms in total. The smallest absolute Gasteiger partial charge is 0.300 e. The Balaban J connectivity index is 4.26. The normalized spacial score (nSPS) is 22.2. The molecule has 0 amide bonds. The Morgan fingerprint density at radius 2 is 1.27 bits per heavy atom. The van der Waals surface area contributed by atoms with Crippen molar-refractivity contribution in [2.75, 3.05) is 14.2 Å². The molecule has 11 heavy (non-hydrogen) atoms. The zero-order valence-corrected chi connectivity index (χ0v) is 7.88. The summed E-state index contributed by atoms with van der Waals surface area (Å²) in [6, 6.07) is 0. The molecule has 0 aliphatic rings. The van der Waals surface area contributed by atoms with Gasteiger partial charge >= 0.3 is 15.5 Å². The van der Waals surface area contributed by atoms with Crippen molar-refractivity contribution in [3.63, 3.8) is 0 Å². The van der Waals surface area contributed by atoms with Crippen LogP contribution in [0.4, 0.5) is 0 Å². The minimum Gasteiger partial charge on any atom is -0.300 e. The SMILES string of the molecule is COP(N)(=O)OP(N)(=O)OC. The highest BCUT2D eigenvalue weighted by Crippen LogP contribution is 2.55. The van der Waals surface area contributed by atoms with E-state index in [2.05, 4.69) is 13.4 Å². The summed E-state index contributed by atoms with van der Waals surface area (Å²) in [4.78, 5) is 0. The predicted octanol–water partition coefficient (Wildman–Crippen LogP) is 0.429. The van der Waals surface area contributed by atoms with Gasteiger partial charge in [-0.15, -0.1) is 0 Å². The first-order chi connectivity index (χ1) is 4.83. The van der Waals surface area contributed by atoms with Crippen LogP contribution in [0, 0.1) is 0 Å². The van der Waals surface area contributed by atoms with Crippen molar-refractivity contribution in [3.8, 4) is 0 Å². The maximum Gasteiger partial charge on any atom is 0.410 e. The van der Waals surface area contributed by atoms with Crippen molar-refractivity contribution in [2.45, 2.75) is 0 Å². The molecule has 0 radical (unpaired) electrons. The molecule has 0 saturated carbocycles. The van der Waals surface area contributed by atoms with Gasteiger partial charge in [-0.1, -0.05) is 0 Å². The summed E-state index contributed by atoms with van der Waals surface area (Å²) in [5, 5.41) is 0. The van der Waals surface area contributed by atoms with Gasteiger partial charge in [0.2, 0.25) is 0 Å². The maximum atomic E-state index is 10.8. The van der Waals surface area contributed by atoms with Crippen LogP contribution in [0.3, 0.4) is 0 Å². The van der Waals surface area contributed by atoms with E-state index in [0.29, 0.717) is 0 Å². The summed E-state index contributed by atoms with van der Waals surface area (Å²) in [7, 11) is -5.57. The lowest BCUT2D eigenvalue weighted by Crippen LogP contribution is -2.05. The van der Waals surface area contributed by atoms with Gasteiger partial charge in [-0.25, -0.2) is 24.4 Å². The van der Waals surface area contributed by atoms with Crippen LogP contribution in [-0.2, 0) is 22.5 Å². The number of nitrogens with two attached hydrogens (primary N) is 2. The van der Waals surface area contributed by atoms with Gasteiger partial charge in [-0.3, -0.25) is 9.05 Å². The summed E-state index contributed by atoms with van der Waals surface area (Å²) in [6.07, 6.45) is 0. The molecule has 0 spiro atoms. The lowest BCUT2D eigenvalue weighted by molar-refractivity contribution is 0.277. The average Bonchev–Trinajstić information content (AvgIpc) is 1.86. The molecule has 2 atom stereocenters. The van der Waals surface area contributed by atoms with Crippen LogP contribution >= 0.6 is 15.5 Å². The molecule has 0 aromatic rings. The molecular weight excluding hydrogens is 194 g/mol. The molecule has 0 rings (SSSR count). The molecule has 0 aliphatic heterocycles. The molecule has 0 aromatic carbocycles. The first kappa shape index (κ1) is 11.3. The number of hydrogen-bond acceptors (Lipinski definition) is 5. The Kier molecular flexibility index (Phi) is 3.87. The van der Waals surface area contributed by atoms with Crippen molar-refractivity contribution >= 4 is 15.5 Å². The lowest BCUT2D eigenvalue weighted by atomic mass is 11.8. The summed E-state index contributed by atoms with van der Waals surface area (Å²) >= 11 is 0. The Morgan fingerprint density at radius 3 is 1.45 bits per heavy atom. The fourth-order valence-corrected chi connectivity index (χ4v) is 2.03. The third-order valence-corrected chi connectivity index (χ3v) is 3.58. The van der Waals surface area contributed by atoms with Crippen LogP contribution < -0.4 is 11.0 Å². The second-order valence-electron chi connectivity index (χ2n) is 1.53. The van der Waals surface area contributed by atoms with Crippen LogP contribution in [-0.4, -0.2) is 14.2 Å². The van der Waals surface area contributed by atoms with E-state index in [1.165, 1.54) is 0 Å². The van der Waals surface area contributed by atoms with Crippen molar-refractivity contribution in [1.82, 2.24) is 0 Å². The zero-order chi connectivity index (χ0) is 9.12. The predicted molar refractivity (Wildman–Crippen MR) is 38.7 cm³/mol. The molecule has 0 aromatic heterocycles. The van der Waals surface area contributed by atoms with E-state index in [4.69, 9.17) is 11.0 Å². The van der Waals surface area contributed by atoms with Crippen LogP contribution in [0.1, 0.15) is 0 Å². The third kappa shape index (κ3) is 4.66. The van der Waals surface area contributed by atoms with E-state index < -0.39 is 15.5 Å². The molecule has 0 fully saturated rings. The number of rotatable bonds is 4. The van der Waals surface area contributed by atoms with E-state index in [1.54, 1.807) is 0 Å². The zero-order valence-electron chi connectivity index (χ0n) is 6.09. The van der Waals surface area contributed by atoms with Gasteiger partial charge in [-0.2, -0.15) is 0 Å². The average molecular weight is 204 g/mol.